The molecule has 0 aromatic carbocycles. The van der Waals surface area contributed by atoms with Gasteiger partial charge in [-0.05, 0) is 6.92 Å². The first-order valence-corrected chi connectivity index (χ1v) is 7.14. The molecule has 2 aromatic heterocycles. The number of thiazole rings is 1. The van der Waals surface area contributed by atoms with Crippen LogP contribution in [0.4, 0.5) is 5.88 Å². The molecule has 2 rings (SSSR count). The number of nitrogens with zero attached hydrogens (tertiary/aromatic N) is 2. The summed E-state index contributed by atoms with van der Waals surface area (Å²) < 4.78 is 4.88. The van der Waals surface area contributed by atoms with E-state index in [1.807, 2.05) is 13.8 Å². The van der Waals surface area contributed by atoms with Gasteiger partial charge in [0.2, 0.25) is 11.8 Å². The normalized spacial score (nSPS) is 10.9. The number of aromatic carboxylic acids is 1. The van der Waals surface area contributed by atoms with Gasteiger partial charge in [-0.1, -0.05) is 19.0 Å². The number of rotatable bonds is 5. The van der Waals surface area contributed by atoms with E-state index >= 15 is 0 Å². The van der Waals surface area contributed by atoms with Crippen molar-refractivity contribution in [3.8, 4) is 0 Å². The lowest BCUT2D eigenvalue weighted by Crippen LogP contribution is -2.16. The zero-order chi connectivity index (χ0) is 15.6. The van der Waals surface area contributed by atoms with Gasteiger partial charge in [-0.3, -0.25) is 10.1 Å². The molecule has 0 saturated carbocycles. The minimum absolute atomic E-state index is 0.0996. The third-order valence-electron chi connectivity index (χ3n) is 2.62. The van der Waals surface area contributed by atoms with Gasteiger partial charge in [0.25, 0.3) is 0 Å². The van der Waals surface area contributed by atoms with Crippen LogP contribution < -0.4 is 5.32 Å². The summed E-state index contributed by atoms with van der Waals surface area (Å²) in [6.45, 7) is 5.58. The van der Waals surface area contributed by atoms with Crippen molar-refractivity contribution in [1.82, 2.24) is 10.1 Å². The number of hydrogen-bond acceptors (Lipinski definition) is 6. The van der Waals surface area contributed by atoms with Crippen LogP contribution in [0.25, 0.3) is 0 Å². The summed E-state index contributed by atoms with van der Waals surface area (Å²) in [5.74, 6) is -1.12. The van der Waals surface area contributed by atoms with Gasteiger partial charge in [0.05, 0.1) is 22.8 Å². The van der Waals surface area contributed by atoms with Crippen LogP contribution >= 0.6 is 11.3 Å². The second kappa shape index (κ2) is 6.04. The highest BCUT2D eigenvalue weighted by molar-refractivity contribution is 7.13. The van der Waals surface area contributed by atoms with E-state index in [0.29, 0.717) is 10.7 Å². The smallest absolute Gasteiger partial charge is 0.347 e. The molecular weight excluding hydrogens is 294 g/mol. The van der Waals surface area contributed by atoms with Crippen LogP contribution in [0.5, 0.6) is 0 Å². The monoisotopic (exact) mass is 309 g/mol. The fourth-order valence-corrected chi connectivity index (χ4v) is 2.58. The molecule has 0 fully saturated rings. The molecule has 7 nitrogen and oxygen atoms in total. The second-order valence-electron chi connectivity index (χ2n) is 4.85. The molecule has 0 aliphatic carbocycles. The molecule has 0 radical (unpaired) electrons. The molecule has 0 bridgehead atoms. The molecule has 0 aliphatic heterocycles. The molecule has 0 saturated heterocycles. The lowest BCUT2D eigenvalue weighted by molar-refractivity contribution is -0.115. The topological polar surface area (TPSA) is 105 Å². The van der Waals surface area contributed by atoms with E-state index in [4.69, 9.17) is 4.52 Å². The zero-order valence-corrected chi connectivity index (χ0v) is 12.7. The Morgan fingerprint density at radius 3 is 2.71 bits per heavy atom. The van der Waals surface area contributed by atoms with Gasteiger partial charge in [0.15, 0.2) is 0 Å². The number of amides is 1. The van der Waals surface area contributed by atoms with Crippen molar-refractivity contribution in [1.29, 1.82) is 0 Å². The van der Waals surface area contributed by atoms with Crippen molar-refractivity contribution >= 4 is 29.1 Å². The Balaban J connectivity index is 2.14. The Bertz CT molecular complexity index is 675. The Hall–Kier alpha value is -2.22. The average molecular weight is 309 g/mol. The Morgan fingerprint density at radius 1 is 1.48 bits per heavy atom. The van der Waals surface area contributed by atoms with Gasteiger partial charge >= 0.3 is 5.97 Å². The van der Waals surface area contributed by atoms with E-state index in [2.05, 4.69) is 15.5 Å². The van der Waals surface area contributed by atoms with Gasteiger partial charge in [-0.25, -0.2) is 9.78 Å². The third-order valence-corrected chi connectivity index (χ3v) is 4.01. The van der Waals surface area contributed by atoms with Gasteiger partial charge in [0.1, 0.15) is 4.88 Å². The number of carbonyl (C=O) groups is 2. The first-order chi connectivity index (χ1) is 9.86. The van der Waals surface area contributed by atoms with Gasteiger partial charge in [-0.2, -0.15) is 0 Å². The predicted molar refractivity (Wildman–Crippen MR) is 76.7 cm³/mol. The maximum absolute atomic E-state index is 11.9. The minimum Gasteiger partial charge on any atom is -0.477 e. The second-order valence-corrected chi connectivity index (χ2v) is 5.88. The van der Waals surface area contributed by atoms with E-state index in [0.717, 1.165) is 11.3 Å². The zero-order valence-electron chi connectivity index (χ0n) is 11.8. The van der Waals surface area contributed by atoms with Gasteiger partial charge < -0.3 is 9.63 Å². The summed E-state index contributed by atoms with van der Waals surface area (Å²) in [5.41, 5.74) is 0.914. The lowest BCUT2D eigenvalue weighted by atomic mass is 10.2. The van der Waals surface area contributed by atoms with Crippen LogP contribution in [0.2, 0.25) is 0 Å². The van der Waals surface area contributed by atoms with Crippen molar-refractivity contribution in [2.45, 2.75) is 33.1 Å². The first kappa shape index (κ1) is 15.2. The number of hydrogen-bond donors (Lipinski definition) is 2. The summed E-state index contributed by atoms with van der Waals surface area (Å²) in [6.07, 6.45) is -0.120. The van der Waals surface area contributed by atoms with Crippen LogP contribution in [0.3, 0.4) is 0 Å². The largest absolute Gasteiger partial charge is 0.477 e. The van der Waals surface area contributed by atoms with E-state index < -0.39 is 11.9 Å². The highest BCUT2D eigenvalue weighted by Gasteiger charge is 2.21. The highest BCUT2D eigenvalue weighted by Crippen LogP contribution is 2.25. The van der Waals surface area contributed by atoms with E-state index in [-0.39, 0.29) is 28.8 Å². The molecule has 2 aromatic rings. The molecule has 2 N–H and O–H groups in total. The van der Waals surface area contributed by atoms with Crippen LogP contribution in [0, 0.1) is 6.92 Å². The molecule has 112 valence electrons. The van der Waals surface area contributed by atoms with Crippen LogP contribution in [-0.4, -0.2) is 27.1 Å². The molecule has 1 amide bonds. The van der Waals surface area contributed by atoms with E-state index in [9.17, 15) is 14.7 Å². The van der Waals surface area contributed by atoms with Crippen LogP contribution in [-0.2, 0) is 11.2 Å². The quantitative estimate of drug-likeness (QED) is 0.878. The van der Waals surface area contributed by atoms with Crippen molar-refractivity contribution in [2.24, 2.45) is 0 Å². The van der Waals surface area contributed by atoms with Gasteiger partial charge in [-0.15, -0.1) is 11.3 Å². The number of aryl methyl sites for hydroxylation is 1. The number of anilines is 1. The fourth-order valence-electron chi connectivity index (χ4n) is 1.66. The Labute approximate surface area is 125 Å². The van der Waals surface area contributed by atoms with Crippen LogP contribution in [0.1, 0.15) is 45.8 Å². The molecular formula is C13H15N3O4S. The molecule has 21 heavy (non-hydrogen) atoms. The van der Waals surface area contributed by atoms with Crippen molar-refractivity contribution in [3.63, 3.8) is 0 Å². The van der Waals surface area contributed by atoms with Gasteiger partial charge in [0, 0.05) is 12.0 Å². The summed E-state index contributed by atoms with van der Waals surface area (Å²) >= 11 is 1.10. The summed E-state index contributed by atoms with van der Waals surface area (Å²) in [6, 6.07) is 1.58. The highest BCUT2D eigenvalue weighted by atomic mass is 32.1. The maximum atomic E-state index is 11.9. The lowest BCUT2D eigenvalue weighted by Gasteiger charge is -2.00. The number of carbonyl (C=O) groups excluding carboxylic acids is 1. The third kappa shape index (κ3) is 3.66. The van der Waals surface area contributed by atoms with Crippen molar-refractivity contribution in [3.05, 3.63) is 27.3 Å². The van der Waals surface area contributed by atoms with E-state index in [1.165, 1.54) is 0 Å². The van der Waals surface area contributed by atoms with Crippen LogP contribution in [0.15, 0.2) is 10.6 Å². The SMILES string of the molecule is Cc1cc(NC(=O)Cc2nc(C(C)C)sc2C(=O)O)on1. The Kier molecular flexibility index (Phi) is 4.37. The fraction of sp³-hybridized carbons (Fsp3) is 0.385. The number of carboxylic acids is 1. The van der Waals surface area contributed by atoms with Crippen molar-refractivity contribution < 1.29 is 19.2 Å². The molecule has 0 spiro atoms. The predicted octanol–water partition coefficient (Wildman–Crippen LogP) is 2.44. The molecule has 0 unspecified atom stereocenters. The maximum Gasteiger partial charge on any atom is 0.347 e. The molecule has 8 heteroatoms. The number of nitrogens with one attached hydrogen (secondary N) is 1. The first-order valence-electron chi connectivity index (χ1n) is 6.33. The van der Waals surface area contributed by atoms with Crippen molar-refractivity contribution in [2.75, 3.05) is 5.32 Å². The molecule has 0 aliphatic rings. The number of aromatic nitrogens is 2. The standard InChI is InChI=1S/C13H15N3O4S/c1-6(2)12-14-8(11(21-12)13(18)19)5-9(17)15-10-4-7(3)16-20-10/h4,6H,5H2,1-3H3,(H,15,17)(H,18,19). The average Bonchev–Trinajstić information content (AvgIpc) is 2.96. The van der Waals surface area contributed by atoms with E-state index in [1.54, 1.807) is 13.0 Å². The summed E-state index contributed by atoms with van der Waals surface area (Å²) in [5, 5.41) is 16.0. The number of carboxylic acid groups (broad SMARTS) is 1. The summed E-state index contributed by atoms with van der Waals surface area (Å²) in [7, 11) is 0. The Morgan fingerprint density at radius 2 is 2.19 bits per heavy atom. The minimum atomic E-state index is -1.07. The summed E-state index contributed by atoms with van der Waals surface area (Å²) in [4.78, 5) is 27.5. The molecule has 0 atom stereocenters. The molecule has 2 heterocycles.